The molecular formula is C22H21F3N2O4. The maximum Gasteiger partial charge on any atom is 0.418 e. The van der Waals surface area contributed by atoms with Crippen LogP contribution in [0.2, 0.25) is 0 Å². The fraction of sp³-hybridized carbons (Fsp3) is 0.318. The van der Waals surface area contributed by atoms with Crippen LogP contribution in [0.1, 0.15) is 23.1 Å². The highest BCUT2D eigenvalue weighted by molar-refractivity contribution is 6.00. The van der Waals surface area contributed by atoms with Crippen LogP contribution in [0.15, 0.2) is 42.5 Å². The van der Waals surface area contributed by atoms with Gasteiger partial charge in [-0.1, -0.05) is 24.3 Å². The Kier molecular flexibility index (Phi) is 6.33. The number of hydrogen-bond acceptors (Lipinski definition) is 4. The van der Waals surface area contributed by atoms with Gasteiger partial charge in [-0.25, -0.2) is 0 Å². The molecule has 1 atom stereocenters. The Morgan fingerprint density at radius 3 is 2.55 bits per heavy atom. The lowest BCUT2D eigenvalue weighted by Crippen LogP contribution is -2.29. The molecule has 0 saturated carbocycles. The van der Waals surface area contributed by atoms with E-state index in [0.29, 0.717) is 5.69 Å². The summed E-state index contributed by atoms with van der Waals surface area (Å²) in [6, 6.07) is 10.0. The van der Waals surface area contributed by atoms with Crippen molar-refractivity contribution in [1.82, 2.24) is 0 Å². The van der Waals surface area contributed by atoms with E-state index in [1.165, 1.54) is 17.0 Å². The van der Waals surface area contributed by atoms with Crippen LogP contribution in [0.5, 0.6) is 0 Å². The highest BCUT2D eigenvalue weighted by Gasteiger charge is 2.37. The van der Waals surface area contributed by atoms with Crippen molar-refractivity contribution in [3.05, 3.63) is 59.2 Å². The number of carbonyl (C=O) groups is 3. The van der Waals surface area contributed by atoms with Gasteiger partial charge < -0.3 is 15.0 Å². The summed E-state index contributed by atoms with van der Waals surface area (Å²) in [7, 11) is 0. The Labute approximate surface area is 177 Å². The lowest BCUT2D eigenvalue weighted by molar-refractivity contribution is -0.151. The molecule has 1 unspecified atom stereocenters. The molecule has 0 aliphatic carbocycles. The summed E-state index contributed by atoms with van der Waals surface area (Å²) in [5, 5.41) is 2.11. The quantitative estimate of drug-likeness (QED) is 0.726. The summed E-state index contributed by atoms with van der Waals surface area (Å²) in [4.78, 5) is 38.3. The zero-order chi connectivity index (χ0) is 22.8. The monoisotopic (exact) mass is 434 g/mol. The molecule has 2 aromatic rings. The molecule has 1 saturated heterocycles. The first-order chi connectivity index (χ1) is 14.6. The second kappa shape index (κ2) is 8.79. The van der Waals surface area contributed by atoms with E-state index in [0.717, 1.165) is 23.3 Å². The minimum absolute atomic E-state index is 0.0647. The number of ether oxygens (including phenoxy) is 1. The number of halogens is 3. The van der Waals surface area contributed by atoms with Gasteiger partial charge in [-0.2, -0.15) is 13.2 Å². The Morgan fingerprint density at radius 2 is 1.84 bits per heavy atom. The zero-order valence-electron chi connectivity index (χ0n) is 17.0. The van der Waals surface area contributed by atoms with Crippen molar-refractivity contribution in [3.63, 3.8) is 0 Å². The second-order valence-corrected chi connectivity index (χ2v) is 7.32. The Morgan fingerprint density at radius 1 is 1.13 bits per heavy atom. The van der Waals surface area contributed by atoms with Crippen molar-refractivity contribution in [1.29, 1.82) is 0 Å². The lowest BCUT2D eigenvalue weighted by Gasteiger charge is -2.20. The third kappa shape index (κ3) is 5.04. The number of nitrogens with one attached hydrogen (secondary N) is 1. The highest BCUT2D eigenvalue weighted by Crippen LogP contribution is 2.34. The second-order valence-electron chi connectivity index (χ2n) is 7.32. The Hall–Kier alpha value is -3.36. The van der Waals surface area contributed by atoms with E-state index in [1.54, 1.807) is 6.07 Å². The number of amides is 2. The van der Waals surface area contributed by atoms with Gasteiger partial charge in [0.05, 0.1) is 17.2 Å². The van der Waals surface area contributed by atoms with Gasteiger partial charge in [-0.15, -0.1) is 0 Å². The molecular weight excluding hydrogens is 413 g/mol. The van der Waals surface area contributed by atoms with E-state index in [2.05, 4.69) is 5.32 Å². The topological polar surface area (TPSA) is 75.7 Å². The van der Waals surface area contributed by atoms with E-state index in [-0.39, 0.29) is 18.9 Å². The SMILES string of the molecule is Cc1cccc(N2CC(C(=O)OCC(=O)Nc3ccccc3C(F)(F)F)CC2=O)c1C. The molecule has 31 heavy (non-hydrogen) atoms. The van der Waals surface area contributed by atoms with Crippen LogP contribution in [0.25, 0.3) is 0 Å². The minimum Gasteiger partial charge on any atom is -0.455 e. The molecule has 9 heteroatoms. The molecule has 0 radical (unpaired) electrons. The number of aryl methyl sites for hydroxylation is 1. The van der Waals surface area contributed by atoms with Crippen molar-refractivity contribution in [3.8, 4) is 0 Å². The predicted molar refractivity (Wildman–Crippen MR) is 107 cm³/mol. The van der Waals surface area contributed by atoms with Crippen LogP contribution < -0.4 is 10.2 Å². The van der Waals surface area contributed by atoms with Crippen LogP contribution in [-0.4, -0.2) is 30.9 Å². The first-order valence-electron chi connectivity index (χ1n) is 9.57. The third-order valence-corrected chi connectivity index (χ3v) is 5.18. The molecule has 2 amide bonds. The molecule has 0 aromatic heterocycles. The van der Waals surface area contributed by atoms with Crippen LogP contribution in [0, 0.1) is 19.8 Å². The molecule has 0 bridgehead atoms. The maximum absolute atomic E-state index is 13.0. The number of rotatable bonds is 5. The van der Waals surface area contributed by atoms with Gasteiger partial charge >= 0.3 is 12.1 Å². The molecule has 6 nitrogen and oxygen atoms in total. The predicted octanol–water partition coefficient (Wildman–Crippen LogP) is 3.86. The summed E-state index contributed by atoms with van der Waals surface area (Å²) in [5.41, 5.74) is 1.22. The molecule has 164 valence electrons. The number of alkyl halides is 3. The molecule has 0 spiro atoms. The van der Waals surface area contributed by atoms with Crippen molar-refractivity contribution in [2.24, 2.45) is 5.92 Å². The van der Waals surface area contributed by atoms with Crippen LogP contribution in [-0.2, 0) is 25.3 Å². The molecule has 3 rings (SSSR count). The van der Waals surface area contributed by atoms with Crippen LogP contribution in [0.3, 0.4) is 0 Å². The maximum atomic E-state index is 13.0. The smallest absolute Gasteiger partial charge is 0.418 e. The average molecular weight is 434 g/mol. The summed E-state index contributed by atoms with van der Waals surface area (Å²) in [5.74, 6) is -2.65. The fourth-order valence-electron chi connectivity index (χ4n) is 3.41. The van der Waals surface area contributed by atoms with E-state index in [1.807, 2.05) is 26.0 Å². The number of anilines is 2. The van der Waals surface area contributed by atoms with E-state index in [9.17, 15) is 27.6 Å². The molecule has 2 aromatic carbocycles. The van der Waals surface area contributed by atoms with Crippen molar-refractivity contribution < 1.29 is 32.3 Å². The summed E-state index contributed by atoms with van der Waals surface area (Å²) in [6.45, 7) is 3.16. The van der Waals surface area contributed by atoms with Gasteiger partial charge in [-0.05, 0) is 43.2 Å². The van der Waals surface area contributed by atoms with Gasteiger partial charge in [0.1, 0.15) is 0 Å². The fourth-order valence-corrected chi connectivity index (χ4v) is 3.41. The first-order valence-corrected chi connectivity index (χ1v) is 9.57. The molecule has 1 aliphatic rings. The molecule has 1 aliphatic heterocycles. The minimum atomic E-state index is -4.64. The van der Waals surface area contributed by atoms with E-state index < -0.39 is 41.8 Å². The average Bonchev–Trinajstić information content (AvgIpc) is 3.09. The number of carbonyl (C=O) groups excluding carboxylic acids is 3. The van der Waals surface area contributed by atoms with Gasteiger partial charge in [0.25, 0.3) is 5.91 Å². The van der Waals surface area contributed by atoms with Crippen LogP contribution >= 0.6 is 0 Å². The summed E-state index contributed by atoms with van der Waals surface area (Å²) < 4.78 is 44.0. The highest BCUT2D eigenvalue weighted by atomic mass is 19.4. The molecule has 1 N–H and O–H groups in total. The molecule has 1 fully saturated rings. The van der Waals surface area contributed by atoms with Gasteiger partial charge in [-0.3, -0.25) is 14.4 Å². The summed E-state index contributed by atoms with van der Waals surface area (Å²) in [6.07, 6.45) is -4.70. The summed E-state index contributed by atoms with van der Waals surface area (Å²) >= 11 is 0. The number of para-hydroxylation sites is 1. The van der Waals surface area contributed by atoms with Gasteiger partial charge in [0.15, 0.2) is 6.61 Å². The third-order valence-electron chi connectivity index (χ3n) is 5.18. The first kappa shape index (κ1) is 22.3. The van der Waals surface area contributed by atoms with Crippen molar-refractivity contribution in [2.75, 3.05) is 23.4 Å². The van der Waals surface area contributed by atoms with E-state index in [4.69, 9.17) is 4.74 Å². The van der Waals surface area contributed by atoms with Crippen molar-refractivity contribution >= 4 is 29.2 Å². The Balaban J connectivity index is 1.59. The number of nitrogens with zero attached hydrogens (tertiary/aromatic N) is 1. The number of benzene rings is 2. The Bertz CT molecular complexity index is 1020. The number of esters is 1. The largest absolute Gasteiger partial charge is 0.455 e. The zero-order valence-corrected chi connectivity index (χ0v) is 17.0. The van der Waals surface area contributed by atoms with Gasteiger partial charge in [0.2, 0.25) is 5.91 Å². The normalized spacial score (nSPS) is 16.4. The van der Waals surface area contributed by atoms with Gasteiger partial charge in [0, 0.05) is 18.7 Å². The lowest BCUT2D eigenvalue weighted by atomic mass is 10.1. The van der Waals surface area contributed by atoms with E-state index >= 15 is 0 Å². The standard InChI is InChI=1S/C22H21F3N2O4/c1-13-6-5-9-18(14(13)2)27-11-15(10-20(27)29)21(30)31-12-19(28)26-17-8-4-3-7-16(17)22(23,24)25/h3-9,15H,10-12H2,1-2H3,(H,26,28). The molecule has 1 heterocycles. The number of hydrogen-bond donors (Lipinski definition) is 1. The van der Waals surface area contributed by atoms with Crippen molar-refractivity contribution in [2.45, 2.75) is 26.4 Å². The van der Waals surface area contributed by atoms with Crippen LogP contribution in [0.4, 0.5) is 24.5 Å².